The minimum Gasteiger partial charge on any atom is -0.484 e. The number of nitro groups is 1. The lowest BCUT2D eigenvalue weighted by atomic mass is 9.99. The first-order chi connectivity index (χ1) is 16.2. The Kier molecular flexibility index (Phi) is 7.90. The number of carbonyl (C=O) groups is 3. The number of para-hydroxylation sites is 1. The van der Waals surface area contributed by atoms with Crippen molar-refractivity contribution in [1.82, 2.24) is 10.2 Å². The minimum atomic E-state index is -1.10. The van der Waals surface area contributed by atoms with E-state index in [0.29, 0.717) is 16.9 Å². The van der Waals surface area contributed by atoms with Crippen molar-refractivity contribution in [3.63, 3.8) is 0 Å². The Morgan fingerprint density at radius 2 is 1.85 bits per heavy atom. The van der Waals surface area contributed by atoms with E-state index in [1.165, 1.54) is 29.2 Å². The minimum absolute atomic E-state index is 0.0822. The second-order valence-corrected chi connectivity index (χ2v) is 8.12. The highest BCUT2D eigenvalue weighted by molar-refractivity contribution is 7.81. The van der Waals surface area contributed by atoms with Crippen LogP contribution >= 0.6 is 12.6 Å². The van der Waals surface area contributed by atoms with Crippen molar-refractivity contribution in [1.29, 1.82) is 0 Å². The monoisotopic (exact) mass is 485 g/mol. The molecule has 0 aliphatic carbocycles. The number of β-lactam (4-membered cyclic amide) rings is 1. The van der Waals surface area contributed by atoms with Gasteiger partial charge in [0, 0.05) is 12.1 Å². The Balaban J connectivity index is 1.55. The summed E-state index contributed by atoms with van der Waals surface area (Å²) in [5.74, 6) is -1.22. The van der Waals surface area contributed by atoms with Crippen LogP contribution in [0.25, 0.3) is 0 Å². The third-order valence-corrected chi connectivity index (χ3v) is 5.58. The lowest BCUT2D eigenvalue weighted by Gasteiger charge is -2.47. The van der Waals surface area contributed by atoms with Gasteiger partial charge in [-0.25, -0.2) is 4.79 Å². The molecule has 1 saturated heterocycles. The molecule has 3 atom stereocenters. The Labute approximate surface area is 201 Å². The largest absolute Gasteiger partial charge is 0.484 e. The average molecular weight is 486 g/mol. The van der Waals surface area contributed by atoms with Crippen LogP contribution in [0.3, 0.4) is 0 Å². The van der Waals surface area contributed by atoms with Gasteiger partial charge in [0.25, 0.3) is 11.6 Å². The normalized spacial score (nSPS) is 17.8. The molecule has 1 fully saturated rings. The third kappa shape index (κ3) is 5.73. The molecule has 1 aliphatic rings. The first-order valence-electron chi connectivity index (χ1n) is 10.2. The summed E-state index contributed by atoms with van der Waals surface area (Å²) in [4.78, 5) is 49.0. The van der Waals surface area contributed by atoms with Gasteiger partial charge in [-0.05, 0) is 42.3 Å². The van der Waals surface area contributed by atoms with Gasteiger partial charge in [-0.15, -0.1) is 0 Å². The number of hydrogen-bond acceptors (Lipinski definition) is 8. The van der Waals surface area contributed by atoms with Crippen LogP contribution in [0.1, 0.15) is 12.5 Å². The zero-order valence-electron chi connectivity index (χ0n) is 18.2. The highest BCUT2D eigenvalue weighted by atomic mass is 32.1. The second kappa shape index (κ2) is 10.8. The Bertz CT molecular complexity index is 1090. The van der Waals surface area contributed by atoms with Crippen LogP contribution in [0.4, 0.5) is 5.69 Å². The predicted molar refractivity (Wildman–Crippen MR) is 125 cm³/mol. The number of hydrogen-bond donors (Lipinski definition) is 2. The lowest BCUT2D eigenvalue weighted by molar-refractivity contribution is -0.384. The fourth-order valence-electron chi connectivity index (χ4n) is 3.29. The molecule has 178 valence electrons. The molecule has 3 unspecified atom stereocenters. The van der Waals surface area contributed by atoms with E-state index in [-0.39, 0.29) is 18.9 Å². The number of rotatable bonds is 10. The van der Waals surface area contributed by atoms with Gasteiger partial charge in [-0.3, -0.25) is 19.7 Å². The summed E-state index contributed by atoms with van der Waals surface area (Å²) in [5.41, 5.74) is 0.819. The fourth-order valence-corrected chi connectivity index (χ4v) is 3.74. The number of ether oxygens (including phenoxy) is 2. The number of thiol groups is 1. The first-order valence-corrected chi connectivity index (χ1v) is 10.7. The van der Waals surface area contributed by atoms with Gasteiger partial charge in [-0.2, -0.15) is 12.6 Å². The number of benzene rings is 2. The smallest absolute Gasteiger partial charge is 0.333 e. The maximum atomic E-state index is 12.7. The number of nitrogens with zero attached hydrogens (tertiary/aromatic N) is 2. The summed E-state index contributed by atoms with van der Waals surface area (Å²) < 4.78 is 10.7. The van der Waals surface area contributed by atoms with E-state index >= 15 is 0 Å². The van der Waals surface area contributed by atoms with Crippen LogP contribution in [-0.2, 0) is 25.7 Å². The Morgan fingerprint density at radius 1 is 1.21 bits per heavy atom. The summed E-state index contributed by atoms with van der Waals surface area (Å²) in [6.45, 7) is 4.92. The SMILES string of the molecule is C=C(C)C(C(=O)OCc1ccc([N+](=O)[O-])cc1)N1C(=O)C(NC(=O)COc2ccccc2)C1S. The highest BCUT2D eigenvalue weighted by Gasteiger charge is 2.52. The number of non-ortho nitro benzene ring substituents is 1. The molecule has 10 nitrogen and oxygen atoms in total. The number of likely N-dealkylation sites (tertiary alicyclic amines) is 1. The van der Waals surface area contributed by atoms with Gasteiger partial charge in [0.15, 0.2) is 12.6 Å². The molecule has 0 spiro atoms. The quantitative estimate of drug-likeness (QED) is 0.132. The van der Waals surface area contributed by atoms with Crippen LogP contribution in [0.15, 0.2) is 66.7 Å². The summed E-state index contributed by atoms with van der Waals surface area (Å²) in [6, 6.07) is 12.3. The predicted octanol–water partition coefficient (Wildman–Crippen LogP) is 2.24. The Morgan fingerprint density at radius 3 is 2.41 bits per heavy atom. The standard InChI is InChI=1S/C23H23N3O7S/c1-14(2)20(23(29)33-12-15-8-10-16(11-9-15)26(30)31)25-21(28)19(22(25)34)24-18(27)13-32-17-6-4-3-5-7-17/h3-11,19-20,22,34H,1,12-13H2,2H3,(H,24,27). The number of esters is 1. The van der Waals surface area contributed by atoms with Crippen LogP contribution in [-0.4, -0.2) is 51.7 Å². The Hall–Kier alpha value is -3.86. The molecule has 0 saturated carbocycles. The molecule has 34 heavy (non-hydrogen) atoms. The highest BCUT2D eigenvalue weighted by Crippen LogP contribution is 2.29. The van der Waals surface area contributed by atoms with Crippen LogP contribution < -0.4 is 10.1 Å². The third-order valence-electron chi connectivity index (χ3n) is 5.03. The summed E-state index contributed by atoms with van der Waals surface area (Å²) in [6.07, 6.45) is 0. The molecule has 2 aromatic rings. The molecule has 1 aliphatic heterocycles. The number of amides is 2. The molecular formula is C23H23N3O7S. The molecule has 0 bridgehead atoms. The van der Waals surface area contributed by atoms with Crippen molar-refractivity contribution in [3.8, 4) is 5.75 Å². The van der Waals surface area contributed by atoms with E-state index in [9.17, 15) is 24.5 Å². The van der Waals surface area contributed by atoms with Gasteiger partial charge < -0.3 is 19.7 Å². The molecule has 1 heterocycles. The maximum Gasteiger partial charge on any atom is 0.333 e. The zero-order chi connectivity index (χ0) is 24.8. The fraction of sp³-hybridized carbons (Fsp3) is 0.261. The van der Waals surface area contributed by atoms with Gasteiger partial charge in [0.1, 0.15) is 23.8 Å². The van der Waals surface area contributed by atoms with Crippen molar-refractivity contribution < 1.29 is 28.8 Å². The number of nitrogens with one attached hydrogen (secondary N) is 1. The zero-order valence-corrected chi connectivity index (χ0v) is 19.1. The second-order valence-electron chi connectivity index (χ2n) is 7.59. The van der Waals surface area contributed by atoms with Crippen molar-refractivity contribution in [2.75, 3.05) is 6.61 Å². The van der Waals surface area contributed by atoms with Crippen LogP contribution in [0, 0.1) is 10.1 Å². The lowest BCUT2D eigenvalue weighted by Crippen LogP contribution is -2.72. The molecule has 3 rings (SSSR count). The van der Waals surface area contributed by atoms with E-state index in [0.717, 1.165) is 0 Å². The van der Waals surface area contributed by atoms with E-state index in [1.807, 2.05) is 6.07 Å². The number of nitro benzene ring substituents is 1. The number of carbonyl (C=O) groups excluding carboxylic acids is 3. The van der Waals surface area contributed by atoms with Crippen molar-refractivity contribution in [3.05, 3.63) is 82.4 Å². The van der Waals surface area contributed by atoms with E-state index in [4.69, 9.17) is 9.47 Å². The van der Waals surface area contributed by atoms with Crippen molar-refractivity contribution >= 4 is 36.1 Å². The molecule has 0 radical (unpaired) electrons. The van der Waals surface area contributed by atoms with Crippen LogP contribution in [0.5, 0.6) is 5.75 Å². The molecule has 11 heteroatoms. The van der Waals surface area contributed by atoms with E-state index < -0.39 is 40.2 Å². The topological polar surface area (TPSA) is 128 Å². The van der Waals surface area contributed by atoms with Gasteiger partial charge >= 0.3 is 5.97 Å². The molecular weight excluding hydrogens is 462 g/mol. The summed E-state index contributed by atoms with van der Waals surface area (Å²) in [5, 5.41) is 12.5. The molecule has 2 aromatic carbocycles. The van der Waals surface area contributed by atoms with Crippen LogP contribution in [0.2, 0.25) is 0 Å². The first kappa shape index (κ1) is 24.8. The van der Waals surface area contributed by atoms with E-state index in [2.05, 4.69) is 24.5 Å². The van der Waals surface area contributed by atoms with Crippen molar-refractivity contribution in [2.45, 2.75) is 31.0 Å². The van der Waals surface area contributed by atoms with Gasteiger partial charge in [0.05, 0.1) is 4.92 Å². The maximum absolute atomic E-state index is 12.7. The summed E-state index contributed by atoms with van der Waals surface area (Å²) >= 11 is 4.38. The molecule has 1 N–H and O–H groups in total. The molecule has 2 amide bonds. The summed E-state index contributed by atoms with van der Waals surface area (Å²) in [7, 11) is 0. The van der Waals surface area contributed by atoms with Gasteiger partial charge in [-0.1, -0.05) is 24.8 Å². The van der Waals surface area contributed by atoms with Gasteiger partial charge in [0.2, 0.25) is 5.91 Å². The average Bonchev–Trinajstić information content (AvgIpc) is 2.83. The molecule has 0 aromatic heterocycles. The van der Waals surface area contributed by atoms with E-state index in [1.54, 1.807) is 31.2 Å². The van der Waals surface area contributed by atoms with Crippen molar-refractivity contribution in [2.24, 2.45) is 0 Å².